The number of aromatic nitrogens is 1. The standard InChI is InChI=1S/C20H21FN2OS2/c1-13-4-5-14(2)15(10-13)11-19(24)22-20-23(8-9-25-3)17-7-6-16(21)12-18(17)26-20/h4-7,10,12H,8-9,11H2,1-3H3. The Kier molecular flexibility index (Phi) is 5.94. The predicted molar refractivity (Wildman–Crippen MR) is 108 cm³/mol. The largest absolute Gasteiger partial charge is 0.316 e. The van der Waals surface area contributed by atoms with Crippen LogP contribution in [0.3, 0.4) is 0 Å². The zero-order valence-electron chi connectivity index (χ0n) is 15.1. The molecule has 26 heavy (non-hydrogen) atoms. The molecule has 0 fully saturated rings. The van der Waals surface area contributed by atoms with Crippen molar-refractivity contribution in [1.82, 2.24) is 4.57 Å². The van der Waals surface area contributed by atoms with E-state index in [4.69, 9.17) is 0 Å². The van der Waals surface area contributed by atoms with Crippen molar-refractivity contribution in [1.29, 1.82) is 0 Å². The highest BCUT2D eigenvalue weighted by Crippen LogP contribution is 2.19. The van der Waals surface area contributed by atoms with E-state index in [2.05, 4.69) is 4.99 Å². The topological polar surface area (TPSA) is 34.4 Å². The Balaban J connectivity index is 1.99. The fourth-order valence-corrected chi connectivity index (χ4v) is 4.29. The molecule has 3 nitrogen and oxygen atoms in total. The van der Waals surface area contributed by atoms with Gasteiger partial charge in [0.05, 0.1) is 16.6 Å². The van der Waals surface area contributed by atoms with Gasteiger partial charge < -0.3 is 4.57 Å². The van der Waals surface area contributed by atoms with E-state index in [1.165, 1.54) is 23.5 Å². The van der Waals surface area contributed by atoms with E-state index in [0.717, 1.165) is 39.2 Å². The van der Waals surface area contributed by atoms with Crippen LogP contribution in [-0.4, -0.2) is 22.5 Å². The van der Waals surface area contributed by atoms with Crippen molar-refractivity contribution >= 4 is 39.2 Å². The summed E-state index contributed by atoms with van der Waals surface area (Å²) in [4.78, 5) is 17.6. The van der Waals surface area contributed by atoms with Gasteiger partial charge in [-0.15, -0.1) is 0 Å². The fourth-order valence-electron chi connectivity index (χ4n) is 2.83. The van der Waals surface area contributed by atoms with Gasteiger partial charge in [-0.2, -0.15) is 16.8 Å². The number of aryl methyl sites for hydroxylation is 3. The van der Waals surface area contributed by atoms with Crippen LogP contribution in [0.25, 0.3) is 10.2 Å². The average Bonchev–Trinajstić information content (AvgIpc) is 2.92. The van der Waals surface area contributed by atoms with Crippen molar-refractivity contribution in [3.8, 4) is 0 Å². The number of thioether (sulfide) groups is 1. The zero-order valence-corrected chi connectivity index (χ0v) is 16.7. The third-order valence-electron chi connectivity index (χ3n) is 4.23. The SMILES string of the molecule is CSCCn1c(=NC(=O)Cc2cc(C)ccc2C)sc2cc(F)ccc21. The number of carbonyl (C=O) groups excluding carboxylic acids is 1. The summed E-state index contributed by atoms with van der Waals surface area (Å²) < 4.78 is 16.4. The van der Waals surface area contributed by atoms with E-state index < -0.39 is 0 Å². The summed E-state index contributed by atoms with van der Waals surface area (Å²) in [6.45, 7) is 4.76. The smallest absolute Gasteiger partial charge is 0.252 e. The highest BCUT2D eigenvalue weighted by molar-refractivity contribution is 7.98. The molecule has 3 rings (SSSR count). The number of rotatable bonds is 5. The Morgan fingerprint density at radius 1 is 1.23 bits per heavy atom. The summed E-state index contributed by atoms with van der Waals surface area (Å²) in [5.41, 5.74) is 4.14. The molecule has 0 spiro atoms. The second-order valence-electron chi connectivity index (χ2n) is 6.25. The van der Waals surface area contributed by atoms with Crippen LogP contribution in [0, 0.1) is 19.7 Å². The number of thiazole rings is 1. The maximum Gasteiger partial charge on any atom is 0.252 e. The van der Waals surface area contributed by atoms with Crippen molar-refractivity contribution in [3.63, 3.8) is 0 Å². The summed E-state index contributed by atoms with van der Waals surface area (Å²) in [5, 5.41) is 0. The Hall–Kier alpha value is -1.92. The first-order valence-electron chi connectivity index (χ1n) is 8.39. The van der Waals surface area contributed by atoms with Gasteiger partial charge in [0.25, 0.3) is 5.91 Å². The number of carbonyl (C=O) groups is 1. The predicted octanol–water partition coefficient (Wildman–Crippen LogP) is 4.49. The molecule has 6 heteroatoms. The van der Waals surface area contributed by atoms with Crippen LogP contribution in [0.4, 0.5) is 4.39 Å². The summed E-state index contributed by atoms with van der Waals surface area (Å²) in [6, 6.07) is 10.8. The number of hydrogen-bond donors (Lipinski definition) is 0. The molecule has 0 radical (unpaired) electrons. The van der Waals surface area contributed by atoms with E-state index in [1.807, 2.05) is 42.9 Å². The van der Waals surface area contributed by atoms with Gasteiger partial charge in [0, 0.05) is 12.3 Å². The Labute approximate surface area is 160 Å². The normalized spacial score (nSPS) is 12.1. The lowest BCUT2D eigenvalue weighted by Crippen LogP contribution is -2.18. The van der Waals surface area contributed by atoms with Gasteiger partial charge in [-0.3, -0.25) is 4.79 Å². The minimum absolute atomic E-state index is 0.177. The first-order chi connectivity index (χ1) is 12.5. The van der Waals surface area contributed by atoms with Crippen LogP contribution < -0.4 is 4.80 Å². The minimum atomic E-state index is -0.274. The van der Waals surface area contributed by atoms with Gasteiger partial charge in [-0.1, -0.05) is 35.1 Å². The molecule has 136 valence electrons. The zero-order chi connectivity index (χ0) is 18.7. The van der Waals surface area contributed by atoms with Crippen molar-refractivity contribution in [2.75, 3.05) is 12.0 Å². The summed E-state index contributed by atoms with van der Waals surface area (Å²) in [7, 11) is 0. The number of fused-ring (bicyclic) bond motifs is 1. The van der Waals surface area contributed by atoms with E-state index >= 15 is 0 Å². The number of benzene rings is 2. The van der Waals surface area contributed by atoms with Gasteiger partial charge in [-0.25, -0.2) is 4.39 Å². The number of hydrogen-bond acceptors (Lipinski definition) is 3. The molecule has 0 aliphatic heterocycles. The van der Waals surface area contributed by atoms with Gasteiger partial charge in [0.2, 0.25) is 0 Å². The number of amides is 1. The summed E-state index contributed by atoms with van der Waals surface area (Å²) in [6.07, 6.45) is 2.32. The van der Waals surface area contributed by atoms with Gasteiger partial charge in [0.1, 0.15) is 5.82 Å². The molecule has 0 aliphatic carbocycles. The van der Waals surface area contributed by atoms with Crippen molar-refractivity contribution in [3.05, 3.63) is 63.7 Å². The van der Waals surface area contributed by atoms with Crippen molar-refractivity contribution in [2.24, 2.45) is 4.99 Å². The summed E-state index contributed by atoms with van der Waals surface area (Å²) in [5.74, 6) is 0.453. The van der Waals surface area contributed by atoms with Gasteiger partial charge in [0.15, 0.2) is 4.80 Å². The molecule has 0 saturated carbocycles. The van der Waals surface area contributed by atoms with Crippen LogP contribution in [0.1, 0.15) is 16.7 Å². The molecule has 2 aromatic carbocycles. The van der Waals surface area contributed by atoms with Crippen LogP contribution >= 0.6 is 23.1 Å². The molecular weight excluding hydrogens is 367 g/mol. The van der Waals surface area contributed by atoms with Gasteiger partial charge in [-0.05, 0) is 49.4 Å². The molecule has 1 amide bonds. The highest BCUT2D eigenvalue weighted by Gasteiger charge is 2.10. The lowest BCUT2D eigenvalue weighted by Gasteiger charge is -2.05. The first kappa shape index (κ1) is 18.9. The summed E-state index contributed by atoms with van der Waals surface area (Å²) >= 11 is 3.09. The lowest BCUT2D eigenvalue weighted by atomic mass is 10.0. The molecule has 0 aliphatic rings. The molecule has 0 unspecified atom stereocenters. The second-order valence-corrected chi connectivity index (χ2v) is 8.25. The fraction of sp³-hybridized carbons (Fsp3) is 0.300. The molecule has 1 heterocycles. The van der Waals surface area contributed by atoms with Crippen LogP contribution in [-0.2, 0) is 17.8 Å². The van der Waals surface area contributed by atoms with Crippen LogP contribution in [0.5, 0.6) is 0 Å². The molecule has 1 aromatic heterocycles. The quantitative estimate of drug-likeness (QED) is 0.645. The molecule has 0 atom stereocenters. The molecule has 0 bridgehead atoms. The third kappa shape index (κ3) is 4.24. The van der Waals surface area contributed by atoms with Crippen LogP contribution in [0.15, 0.2) is 41.4 Å². The monoisotopic (exact) mass is 388 g/mol. The Morgan fingerprint density at radius 3 is 2.81 bits per heavy atom. The molecule has 3 aromatic rings. The third-order valence-corrected chi connectivity index (χ3v) is 5.86. The molecular formula is C20H21FN2OS2. The van der Waals surface area contributed by atoms with Crippen molar-refractivity contribution < 1.29 is 9.18 Å². The Morgan fingerprint density at radius 2 is 2.04 bits per heavy atom. The minimum Gasteiger partial charge on any atom is -0.316 e. The highest BCUT2D eigenvalue weighted by atomic mass is 32.2. The maximum absolute atomic E-state index is 13.6. The lowest BCUT2D eigenvalue weighted by molar-refractivity contribution is -0.117. The van der Waals surface area contributed by atoms with E-state index in [0.29, 0.717) is 4.80 Å². The number of nitrogens with zero attached hydrogens (tertiary/aromatic N) is 2. The number of halogens is 1. The average molecular weight is 389 g/mol. The molecule has 0 saturated heterocycles. The Bertz CT molecular complexity index is 1020. The second kappa shape index (κ2) is 8.18. The van der Waals surface area contributed by atoms with E-state index in [1.54, 1.807) is 17.8 Å². The van der Waals surface area contributed by atoms with E-state index in [-0.39, 0.29) is 18.1 Å². The van der Waals surface area contributed by atoms with Crippen molar-refractivity contribution in [2.45, 2.75) is 26.8 Å². The van der Waals surface area contributed by atoms with E-state index in [9.17, 15) is 9.18 Å². The van der Waals surface area contributed by atoms with Crippen LogP contribution in [0.2, 0.25) is 0 Å². The van der Waals surface area contributed by atoms with Gasteiger partial charge >= 0.3 is 0 Å². The molecule has 0 N–H and O–H groups in total. The maximum atomic E-state index is 13.6. The first-order valence-corrected chi connectivity index (χ1v) is 10.6.